The highest BCUT2D eigenvalue weighted by Gasteiger charge is 2.27. The van der Waals surface area contributed by atoms with Crippen molar-refractivity contribution < 1.29 is 5.11 Å². The molecule has 1 atom stereocenters. The number of likely N-dealkylation sites (tertiary alicyclic amines) is 1. The van der Waals surface area contributed by atoms with Gasteiger partial charge in [-0.25, -0.2) is 4.99 Å². The smallest absolute Gasteiger partial charge is 0.136 e. The zero-order valence-corrected chi connectivity index (χ0v) is 8.93. The van der Waals surface area contributed by atoms with Crippen molar-refractivity contribution in [2.24, 2.45) is 4.99 Å². The second kappa shape index (κ2) is 4.45. The fourth-order valence-electron chi connectivity index (χ4n) is 2.14. The van der Waals surface area contributed by atoms with Gasteiger partial charge in [0.25, 0.3) is 0 Å². The number of hydrogen-bond acceptors (Lipinski definition) is 2. The van der Waals surface area contributed by atoms with Crippen LogP contribution in [0.3, 0.4) is 0 Å². The summed E-state index contributed by atoms with van der Waals surface area (Å²) in [6.45, 7) is 0.890. The van der Waals surface area contributed by atoms with Crippen LogP contribution in [0.2, 0.25) is 0 Å². The average molecular weight is 204 g/mol. The molecule has 1 aromatic rings. The molecule has 0 bridgehead atoms. The summed E-state index contributed by atoms with van der Waals surface area (Å²) in [6, 6.07) is 10.4. The summed E-state index contributed by atoms with van der Waals surface area (Å²) in [7, 11) is 2.03. The lowest BCUT2D eigenvalue weighted by molar-refractivity contribution is 0.307. The third-order valence-corrected chi connectivity index (χ3v) is 2.89. The second-order valence-electron chi connectivity index (χ2n) is 3.83. The van der Waals surface area contributed by atoms with Crippen LogP contribution in [-0.4, -0.2) is 36.2 Å². The third kappa shape index (κ3) is 2.02. The largest absolute Gasteiger partial charge is 0.374 e. The predicted octanol–water partition coefficient (Wildman–Crippen LogP) is 1.45. The van der Waals surface area contributed by atoms with Crippen LogP contribution in [-0.2, 0) is 0 Å². The van der Waals surface area contributed by atoms with E-state index in [4.69, 9.17) is 5.11 Å². The summed E-state index contributed by atoms with van der Waals surface area (Å²) < 4.78 is 0. The minimum Gasteiger partial charge on any atom is -0.374 e. The van der Waals surface area contributed by atoms with Crippen LogP contribution in [0.4, 0.5) is 0 Å². The minimum absolute atomic E-state index is 0.122. The number of benzene rings is 1. The average Bonchev–Trinajstić information content (AvgIpc) is 2.63. The first-order chi connectivity index (χ1) is 7.33. The molecule has 0 saturated carbocycles. The van der Waals surface area contributed by atoms with E-state index in [9.17, 15) is 0 Å². The highest BCUT2D eigenvalue weighted by Crippen LogP contribution is 2.28. The Morgan fingerprint density at radius 2 is 2.13 bits per heavy atom. The van der Waals surface area contributed by atoms with Gasteiger partial charge in [-0.05, 0) is 12.0 Å². The van der Waals surface area contributed by atoms with E-state index in [1.165, 1.54) is 5.56 Å². The Morgan fingerprint density at radius 3 is 2.80 bits per heavy atom. The van der Waals surface area contributed by atoms with Gasteiger partial charge in [-0.15, -0.1) is 0 Å². The van der Waals surface area contributed by atoms with Gasteiger partial charge < -0.3 is 10.0 Å². The molecule has 0 aliphatic carbocycles. The standard InChI is InChI=1S/C12H16N2O/c1-14-8-7-11(12(14)13-9-15)10-5-3-2-4-6-10/h2-6,11,15H,7-9H2,1H3/b13-12-. The number of likely N-dealkylation sites (N-methyl/N-ethyl adjacent to an activating group) is 1. The molecule has 1 heterocycles. The number of amidine groups is 1. The Hall–Kier alpha value is -1.35. The van der Waals surface area contributed by atoms with Gasteiger partial charge >= 0.3 is 0 Å². The Bertz CT molecular complexity index is 348. The van der Waals surface area contributed by atoms with Crippen molar-refractivity contribution in [1.29, 1.82) is 0 Å². The molecule has 0 spiro atoms. The molecule has 1 aliphatic heterocycles. The van der Waals surface area contributed by atoms with E-state index in [-0.39, 0.29) is 6.73 Å². The van der Waals surface area contributed by atoms with E-state index in [2.05, 4.69) is 22.0 Å². The summed E-state index contributed by atoms with van der Waals surface area (Å²) in [5, 5.41) is 8.89. The summed E-state index contributed by atoms with van der Waals surface area (Å²) in [5.74, 6) is 1.35. The first-order valence-corrected chi connectivity index (χ1v) is 5.24. The van der Waals surface area contributed by atoms with Gasteiger partial charge in [0.2, 0.25) is 0 Å². The summed E-state index contributed by atoms with van der Waals surface area (Å²) in [6.07, 6.45) is 1.08. The lowest BCUT2D eigenvalue weighted by atomic mass is 9.97. The van der Waals surface area contributed by atoms with Gasteiger partial charge in [0.15, 0.2) is 0 Å². The zero-order chi connectivity index (χ0) is 10.7. The summed E-state index contributed by atoms with van der Waals surface area (Å²) in [5.41, 5.74) is 1.29. The number of nitrogens with zero attached hydrogens (tertiary/aromatic N) is 2. The van der Waals surface area contributed by atoms with E-state index in [0.717, 1.165) is 18.8 Å². The molecule has 80 valence electrons. The molecule has 1 unspecified atom stereocenters. The molecule has 1 aromatic carbocycles. The number of aliphatic hydroxyl groups excluding tert-OH is 1. The van der Waals surface area contributed by atoms with Crippen molar-refractivity contribution in [3.8, 4) is 0 Å². The van der Waals surface area contributed by atoms with Crippen LogP contribution in [0.5, 0.6) is 0 Å². The molecule has 0 amide bonds. The molecule has 3 nitrogen and oxygen atoms in total. The maximum Gasteiger partial charge on any atom is 0.136 e. The molecule has 0 aromatic heterocycles. The predicted molar refractivity (Wildman–Crippen MR) is 61.0 cm³/mol. The van der Waals surface area contributed by atoms with Crippen molar-refractivity contribution in [3.05, 3.63) is 35.9 Å². The molecule has 1 fully saturated rings. The van der Waals surface area contributed by atoms with E-state index in [0.29, 0.717) is 5.92 Å². The van der Waals surface area contributed by atoms with E-state index in [1.807, 2.05) is 25.2 Å². The normalized spacial score (nSPS) is 23.7. The van der Waals surface area contributed by atoms with E-state index >= 15 is 0 Å². The van der Waals surface area contributed by atoms with Gasteiger partial charge in [-0.3, -0.25) is 0 Å². The number of aliphatic imine (C=N–C) groups is 1. The van der Waals surface area contributed by atoms with Gasteiger partial charge in [0.1, 0.15) is 12.6 Å². The van der Waals surface area contributed by atoms with Crippen LogP contribution in [0, 0.1) is 0 Å². The third-order valence-electron chi connectivity index (χ3n) is 2.89. The number of aliphatic hydroxyl groups is 1. The van der Waals surface area contributed by atoms with Crippen LogP contribution in [0.1, 0.15) is 17.9 Å². The molecule has 3 heteroatoms. The van der Waals surface area contributed by atoms with Crippen LogP contribution in [0.15, 0.2) is 35.3 Å². The van der Waals surface area contributed by atoms with E-state index < -0.39 is 0 Å². The highest BCUT2D eigenvalue weighted by atomic mass is 16.3. The maximum absolute atomic E-state index is 8.89. The quantitative estimate of drug-likeness (QED) is 0.791. The summed E-state index contributed by atoms with van der Waals surface area (Å²) in [4.78, 5) is 6.28. The van der Waals surface area contributed by atoms with Crippen molar-refractivity contribution in [2.45, 2.75) is 12.3 Å². The van der Waals surface area contributed by atoms with Crippen LogP contribution >= 0.6 is 0 Å². The lowest BCUT2D eigenvalue weighted by Crippen LogP contribution is -2.22. The molecule has 0 radical (unpaired) electrons. The topological polar surface area (TPSA) is 35.8 Å². The van der Waals surface area contributed by atoms with Crippen LogP contribution in [0.25, 0.3) is 0 Å². The summed E-state index contributed by atoms with van der Waals surface area (Å²) >= 11 is 0. The van der Waals surface area contributed by atoms with E-state index in [1.54, 1.807) is 0 Å². The highest BCUT2D eigenvalue weighted by molar-refractivity contribution is 5.90. The molecule has 2 rings (SSSR count). The Balaban J connectivity index is 2.27. The monoisotopic (exact) mass is 204 g/mol. The van der Waals surface area contributed by atoms with Crippen LogP contribution < -0.4 is 0 Å². The zero-order valence-electron chi connectivity index (χ0n) is 8.93. The Morgan fingerprint density at radius 1 is 1.40 bits per heavy atom. The SMILES string of the molecule is CN1CCC(c2ccccc2)/C1=N/CO. The fourth-order valence-corrected chi connectivity index (χ4v) is 2.14. The van der Waals surface area contributed by atoms with Gasteiger partial charge in [0, 0.05) is 19.5 Å². The number of rotatable bonds is 2. The van der Waals surface area contributed by atoms with Gasteiger partial charge in [-0.1, -0.05) is 30.3 Å². The first-order valence-electron chi connectivity index (χ1n) is 5.24. The van der Waals surface area contributed by atoms with Gasteiger partial charge in [0.05, 0.1) is 0 Å². The molecule has 15 heavy (non-hydrogen) atoms. The fraction of sp³-hybridized carbons (Fsp3) is 0.417. The maximum atomic E-state index is 8.89. The van der Waals surface area contributed by atoms with Crippen molar-refractivity contribution in [2.75, 3.05) is 20.3 Å². The molecular formula is C12H16N2O. The van der Waals surface area contributed by atoms with Crippen molar-refractivity contribution in [3.63, 3.8) is 0 Å². The minimum atomic E-state index is -0.122. The molecule has 1 aliphatic rings. The van der Waals surface area contributed by atoms with Gasteiger partial charge in [-0.2, -0.15) is 0 Å². The first kappa shape index (κ1) is 10.2. The molecular weight excluding hydrogens is 188 g/mol. The van der Waals surface area contributed by atoms with Crippen molar-refractivity contribution in [1.82, 2.24) is 4.90 Å². The second-order valence-corrected chi connectivity index (χ2v) is 3.83. The molecule has 1 N–H and O–H groups in total. The number of hydrogen-bond donors (Lipinski definition) is 1. The van der Waals surface area contributed by atoms with Crippen molar-refractivity contribution >= 4 is 5.84 Å². The molecule has 1 saturated heterocycles. The lowest BCUT2D eigenvalue weighted by Gasteiger charge is -2.15. The Kier molecular flexibility index (Phi) is 3.02. The Labute approximate surface area is 90.1 Å².